The predicted octanol–water partition coefficient (Wildman–Crippen LogP) is 5.30. The zero-order chi connectivity index (χ0) is 25.8. The number of nitrogens with zero attached hydrogens (tertiary/aromatic N) is 6. The number of rotatable bonds is 11. The number of carbonyl (C=O) groups excluding carboxylic acids is 1. The molecule has 1 unspecified atom stereocenters. The average Bonchev–Trinajstić information content (AvgIpc) is 2.88. The Labute approximate surface area is 205 Å². The molecule has 0 fully saturated rings. The van der Waals surface area contributed by atoms with E-state index in [1.807, 2.05) is 46.0 Å². The van der Waals surface area contributed by atoms with E-state index in [1.165, 1.54) is 24.0 Å². The van der Waals surface area contributed by atoms with E-state index >= 15 is 0 Å². The second-order valence-electron chi connectivity index (χ2n) is 7.01. The summed E-state index contributed by atoms with van der Waals surface area (Å²) in [5.74, 6) is 0.752. The van der Waals surface area contributed by atoms with Gasteiger partial charge in [-0.05, 0) is 25.3 Å². The first kappa shape index (κ1) is 30.7. The van der Waals surface area contributed by atoms with E-state index in [1.54, 1.807) is 17.4 Å². The van der Waals surface area contributed by atoms with Crippen LogP contribution in [0.2, 0.25) is 0 Å². The lowest BCUT2D eigenvalue weighted by Crippen LogP contribution is -2.18. The molecule has 1 atom stereocenters. The molecule has 0 spiro atoms. The van der Waals surface area contributed by atoms with Crippen molar-refractivity contribution in [1.29, 1.82) is 0 Å². The standard InChI is InChI=1S/C22H30N6O2.2C2H6/c1-4-10-27(3)25-9-12-28(11-6-13-29)26-15-18(2)19-7-5-8-20(14-19)22-23-16-21(30)17-24-22;2*1-2/h6,8-9,11,13-18,30H,4-5,7,10,12H2,1-3H3;2*1-2H3/b11-6-,25-9-,26-15+;;. The van der Waals surface area contributed by atoms with Crippen molar-refractivity contribution in [3.8, 4) is 5.75 Å². The Morgan fingerprint density at radius 2 is 1.85 bits per heavy atom. The number of hydrogen-bond acceptors (Lipinski definition) is 8. The van der Waals surface area contributed by atoms with Crippen molar-refractivity contribution in [3.05, 3.63) is 48.2 Å². The average molecular weight is 471 g/mol. The topological polar surface area (TPSA) is 94.3 Å². The summed E-state index contributed by atoms with van der Waals surface area (Å²) >= 11 is 0. The smallest absolute Gasteiger partial charge is 0.159 e. The molecule has 8 nitrogen and oxygen atoms in total. The first-order valence-corrected chi connectivity index (χ1v) is 12.1. The first-order chi connectivity index (χ1) is 16.5. The summed E-state index contributed by atoms with van der Waals surface area (Å²) in [5, 5.41) is 21.8. The van der Waals surface area contributed by atoms with Gasteiger partial charge in [0.25, 0.3) is 0 Å². The number of aromatic nitrogens is 2. The van der Waals surface area contributed by atoms with Crippen molar-refractivity contribution < 1.29 is 9.90 Å². The number of hydrazone groups is 2. The summed E-state index contributed by atoms with van der Waals surface area (Å²) in [6, 6.07) is 0. The molecule has 34 heavy (non-hydrogen) atoms. The lowest BCUT2D eigenvalue weighted by Gasteiger charge is -2.18. The fraction of sp³-hybridized carbons (Fsp3) is 0.500. The van der Waals surface area contributed by atoms with E-state index in [2.05, 4.69) is 46.2 Å². The van der Waals surface area contributed by atoms with E-state index in [0.29, 0.717) is 12.4 Å². The van der Waals surface area contributed by atoms with Gasteiger partial charge in [0.1, 0.15) is 6.29 Å². The Morgan fingerprint density at radius 3 is 2.47 bits per heavy atom. The Hall–Kier alpha value is -3.29. The molecule has 0 bridgehead atoms. The minimum absolute atomic E-state index is 0.0489. The van der Waals surface area contributed by atoms with Gasteiger partial charge in [0.15, 0.2) is 11.6 Å². The molecule has 0 radical (unpaired) electrons. The van der Waals surface area contributed by atoms with Crippen molar-refractivity contribution >= 4 is 24.3 Å². The molecule has 0 saturated heterocycles. The van der Waals surface area contributed by atoms with E-state index in [-0.39, 0.29) is 11.7 Å². The van der Waals surface area contributed by atoms with Crippen LogP contribution in [0.15, 0.2) is 52.6 Å². The lowest BCUT2D eigenvalue weighted by molar-refractivity contribution is -0.104. The number of aldehydes is 1. The molecular weight excluding hydrogens is 428 g/mol. The highest BCUT2D eigenvalue weighted by molar-refractivity contribution is 5.74. The summed E-state index contributed by atoms with van der Waals surface area (Å²) in [6.07, 6.45) is 17.2. The SMILES string of the molecule is CC.CC.CCCN(C)/N=C\CN(/C=C\C=O)/N=C/C(C)C1=CC(c2ncc(O)cn2)=CCC1. The predicted molar refractivity (Wildman–Crippen MR) is 143 cm³/mol. The minimum Gasteiger partial charge on any atom is -0.505 e. The lowest BCUT2D eigenvalue weighted by atomic mass is 9.91. The van der Waals surface area contributed by atoms with Crippen molar-refractivity contribution in [3.63, 3.8) is 0 Å². The second kappa shape index (κ2) is 19.2. The molecule has 0 aromatic carbocycles. The van der Waals surface area contributed by atoms with Gasteiger partial charge in [0.2, 0.25) is 0 Å². The van der Waals surface area contributed by atoms with Crippen LogP contribution in [0.25, 0.3) is 5.57 Å². The highest BCUT2D eigenvalue weighted by Crippen LogP contribution is 2.27. The van der Waals surface area contributed by atoms with Gasteiger partial charge in [0, 0.05) is 43.7 Å². The monoisotopic (exact) mass is 470 g/mol. The Balaban J connectivity index is 0.00000258. The first-order valence-electron chi connectivity index (χ1n) is 12.1. The third kappa shape index (κ3) is 12.1. The third-order valence-corrected chi connectivity index (χ3v) is 4.49. The van der Waals surface area contributed by atoms with Crippen LogP contribution < -0.4 is 0 Å². The van der Waals surface area contributed by atoms with Crippen LogP contribution in [0.3, 0.4) is 0 Å². The summed E-state index contributed by atoms with van der Waals surface area (Å²) in [5.41, 5.74) is 2.17. The molecule has 0 aliphatic heterocycles. The third-order valence-electron chi connectivity index (χ3n) is 4.49. The van der Waals surface area contributed by atoms with Gasteiger partial charge in [-0.25, -0.2) is 9.97 Å². The molecule has 1 aromatic heterocycles. The van der Waals surface area contributed by atoms with Crippen molar-refractivity contribution in [2.75, 3.05) is 20.1 Å². The second-order valence-corrected chi connectivity index (χ2v) is 7.01. The molecule has 1 N–H and O–H groups in total. The highest BCUT2D eigenvalue weighted by Gasteiger charge is 2.14. The maximum atomic E-state index is 10.7. The maximum absolute atomic E-state index is 10.7. The fourth-order valence-electron chi connectivity index (χ4n) is 2.91. The van der Waals surface area contributed by atoms with Crippen molar-refractivity contribution in [2.45, 2.75) is 60.8 Å². The quantitative estimate of drug-likeness (QED) is 0.204. The van der Waals surface area contributed by atoms with Crippen LogP contribution in [-0.4, -0.2) is 63.9 Å². The van der Waals surface area contributed by atoms with E-state index in [0.717, 1.165) is 37.7 Å². The fourth-order valence-corrected chi connectivity index (χ4v) is 2.91. The summed E-state index contributed by atoms with van der Waals surface area (Å²) in [4.78, 5) is 19.1. The van der Waals surface area contributed by atoms with Crippen LogP contribution in [0.1, 0.15) is 66.6 Å². The van der Waals surface area contributed by atoms with Crippen LogP contribution >= 0.6 is 0 Å². The molecule has 8 heteroatoms. The van der Waals surface area contributed by atoms with E-state index < -0.39 is 0 Å². The number of allylic oxidation sites excluding steroid dienone is 5. The van der Waals surface area contributed by atoms with Gasteiger partial charge >= 0.3 is 0 Å². The number of aromatic hydroxyl groups is 1. The van der Waals surface area contributed by atoms with Gasteiger partial charge in [0.05, 0.1) is 18.9 Å². The number of hydrogen-bond donors (Lipinski definition) is 1. The molecule has 188 valence electrons. The molecule has 1 aromatic rings. The normalized spacial score (nSPS) is 14.0. The van der Waals surface area contributed by atoms with Gasteiger partial charge < -0.3 is 10.1 Å². The van der Waals surface area contributed by atoms with Gasteiger partial charge in [-0.1, -0.05) is 59.3 Å². The van der Waals surface area contributed by atoms with Crippen LogP contribution in [0, 0.1) is 5.92 Å². The molecule has 0 saturated carbocycles. The molecule has 0 amide bonds. The van der Waals surface area contributed by atoms with E-state index in [4.69, 9.17) is 0 Å². The Kier molecular flexibility index (Phi) is 17.3. The molecule has 1 aliphatic rings. The summed E-state index contributed by atoms with van der Waals surface area (Å²) < 4.78 is 0. The zero-order valence-corrected chi connectivity index (χ0v) is 21.8. The molecule has 2 rings (SSSR count). The van der Waals surface area contributed by atoms with Crippen LogP contribution in [0.4, 0.5) is 0 Å². The van der Waals surface area contributed by atoms with Crippen LogP contribution in [-0.2, 0) is 4.79 Å². The van der Waals surface area contributed by atoms with Crippen LogP contribution in [0.5, 0.6) is 5.75 Å². The summed E-state index contributed by atoms with van der Waals surface area (Å²) in [6.45, 7) is 13.5. The molecular formula is C26H42N6O2. The highest BCUT2D eigenvalue weighted by atomic mass is 16.3. The van der Waals surface area contributed by atoms with Gasteiger partial charge in [-0.3, -0.25) is 9.80 Å². The van der Waals surface area contributed by atoms with E-state index in [9.17, 15) is 9.90 Å². The van der Waals surface area contributed by atoms with Crippen molar-refractivity contribution in [1.82, 2.24) is 20.0 Å². The Morgan fingerprint density at radius 1 is 1.18 bits per heavy atom. The molecule has 1 heterocycles. The Bertz CT molecular complexity index is 828. The minimum atomic E-state index is 0.0489. The largest absolute Gasteiger partial charge is 0.505 e. The zero-order valence-electron chi connectivity index (χ0n) is 21.8. The number of carbonyl (C=O) groups is 1. The van der Waals surface area contributed by atoms with Gasteiger partial charge in [-0.15, -0.1) is 0 Å². The van der Waals surface area contributed by atoms with Crippen molar-refractivity contribution in [2.24, 2.45) is 16.1 Å². The molecule has 1 aliphatic carbocycles. The summed E-state index contributed by atoms with van der Waals surface area (Å²) in [7, 11) is 1.93. The maximum Gasteiger partial charge on any atom is 0.159 e. The van der Waals surface area contributed by atoms with Gasteiger partial charge in [-0.2, -0.15) is 10.2 Å².